The third kappa shape index (κ3) is 3.74. The maximum absolute atomic E-state index is 11.4. The zero-order valence-electron chi connectivity index (χ0n) is 10.4. The van der Waals surface area contributed by atoms with Crippen LogP contribution in [0.25, 0.3) is 0 Å². The first kappa shape index (κ1) is 14.5. The lowest BCUT2D eigenvalue weighted by atomic mass is 10.0. The number of aryl methyl sites for hydroxylation is 1. The van der Waals surface area contributed by atoms with E-state index in [9.17, 15) is 9.59 Å². The zero-order chi connectivity index (χ0) is 13.5. The van der Waals surface area contributed by atoms with Gasteiger partial charge in [0.25, 0.3) is 0 Å². The van der Waals surface area contributed by atoms with Gasteiger partial charge in [-0.1, -0.05) is 6.07 Å². The number of hydrogen-bond donors (Lipinski definition) is 0. The molecule has 0 unspecified atom stereocenters. The van der Waals surface area contributed by atoms with Gasteiger partial charge in [0.15, 0.2) is 0 Å². The van der Waals surface area contributed by atoms with Crippen LogP contribution >= 0.6 is 11.6 Å². The van der Waals surface area contributed by atoms with E-state index in [-0.39, 0.29) is 18.3 Å². The van der Waals surface area contributed by atoms with Gasteiger partial charge >= 0.3 is 11.9 Å². The Bertz CT molecular complexity index is 443. The number of hydrogen-bond acceptors (Lipinski definition) is 4. The first-order valence-corrected chi connectivity index (χ1v) is 5.98. The summed E-state index contributed by atoms with van der Waals surface area (Å²) in [6.45, 7) is 0. The molecule has 0 atom stereocenters. The first-order valence-electron chi connectivity index (χ1n) is 5.45. The predicted octanol–water partition coefficient (Wildman–Crippen LogP) is 2.32. The van der Waals surface area contributed by atoms with Crippen molar-refractivity contribution in [1.29, 1.82) is 0 Å². The number of alkyl halides is 1. The summed E-state index contributed by atoms with van der Waals surface area (Å²) in [6.07, 6.45) is 0.828. The minimum atomic E-state index is -0.402. The molecule has 0 bridgehead atoms. The molecule has 0 aliphatic rings. The van der Waals surface area contributed by atoms with Gasteiger partial charge in [-0.05, 0) is 29.7 Å². The smallest absolute Gasteiger partial charge is 0.337 e. The molecule has 0 saturated heterocycles. The summed E-state index contributed by atoms with van der Waals surface area (Å²) >= 11 is 5.83. The number of methoxy groups -OCH3 is 2. The Kier molecular flexibility index (Phi) is 5.65. The summed E-state index contributed by atoms with van der Waals surface area (Å²) in [4.78, 5) is 22.4. The molecule has 98 valence electrons. The molecule has 1 rings (SSSR count). The van der Waals surface area contributed by atoms with Crippen LogP contribution in [0.15, 0.2) is 18.2 Å². The number of halogens is 1. The largest absolute Gasteiger partial charge is 0.469 e. The van der Waals surface area contributed by atoms with Crippen LogP contribution in [0.4, 0.5) is 0 Å². The van der Waals surface area contributed by atoms with E-state index >= 15 is 0 Å². The molecule has 1 aromatic carbocycles. The van der Waals surface area contributed by atoms with Crippen molar-refractivity contribution in [1.82, 2.24) is 0 Å². The fraction of sp³-hybridized carbons (Fsp3) is 0.385. The fourth-order valence-corrected chi connectivity index (χ4v) is 1.83. The Balaban J connectivity index is 2.86. The van der Waals surface area contributed by atoms with Crippen molar-refractivity contribution in [3.05, 3.63) is 34.9 Å². The fourth-order valence-electron chi connectivity index (χ4n) is 1.58. The SMILES string of the molecule is COC(=O)CCc1ccc(C(=O)OC)cc1CCl. The van der Waals surface area contributed by atoms with E-state index < -0.39 is 5.97 Å². The number of rotatable bonds is 5. The van der Waals surface area contributed by atoms with Crippen molar-refractivity contribution < 1.29 is 19.1 Å². The Hall–Kier alpha value is -1.55. The molecular formula is C13H15ClO4. The molecule has 0 spiro atoms. The van der Waals surface area contributed by atoms with Crippen LogP contribution in [-0.2, 0) is 26.6 Å². The van der Waals surface area contributed by atoms with Crippen molar-refractivity contribution in [2.24, 2.45) is 0 Å². The van der Waals surface area contributed by atoms with Crippen LogP contribution in [0, 0.1) is 0 Å². The highest BCUT2D eigenvalue weighted by atomic mass is 35.5. The van der Waals surface area contributed by atoms with Gasteiger partial charge in [0.2, 0.25) is 0 Å². The lowest BCUT2D eigenvalue weighted by Gasteiger charge is -2.08. The van der Waals surface area contributed by atoms with Gasteiger partial charge in [-0.25, -0.2) is 4.79 Å². The van der Waals surface area contributed by atoms with Crippen molar-refractivity contribution in [2.45, 2.75) is 18.7 Å². The summed E-state index contributed by atoms with van der Waals surface area (Å²) in [5.41, 5.74) is 2.21. The highest BCUT2D eigenvalue weighted by Crippen LogP contribution is 2.17. The second-order valence-electron chi connectivity index (χ2n) is 3.68. The molecule has 0 amide bonds. The Morgan fingerprint density at radius 3 is 2.44 bits per heavy atom. The zero-order valence-corrected chi connectivity index (χ0v) is 11.1. The molecule has 0 aromatic heterocycles. The molecule has 0 aliphatic carbocycles. The Labute approximate surface area is 111 Å². The maximum atomic E-state index is 11.4. The topological polar surface area (TPSA) is 52.6 Å². The van der Waals surface area contributed by atoms with Crippen molar-refractivity contribution in [3.63, 3.8) is 0 Å². The van der Waals surface area contributed by atoms with E-state index in [1.54, 1.807) is 18.2 Å². The van der Waals surface area contributed by atoms with Crippen molar-refractivity contribution in [2.75, 3.05) is 14.2 Å². The van der Waals surface area contributed by atoms with Gasteiger partial charge in [-0.15, -0.1) is 11.6 Å². The standard InChI is InChI=1S/C13H15ClO4/c1-17-12(15)6-5-9-3-4-10(13(16)18-2)7-11(9)8-14/h3-4,7H,5-6,8H2,1-2H3. The van der Waals surface area contributed by atoms with E-state index in [1.807, 2.05) is 0 Å². The summed E-state index contributed by atoms with van der Waals surface area (Å²) < 4.78 is 9.21. The second kappa shape index (κ2) is 7.01. The third-order valence-electron chi connectivity index (χ3n) is 2.60. The molecule has 18 heavy (non-hydrogen) atoms. The highest BCUT2D eigenvalue weighted by molar-refractivity contribution is 6.17. The summed E-state index contributed by atoms with van der Waals surface area (Å²) in [6, 6.07) is 5.13. The second-order valence-corrected chi connectivity index (χ2v) is 3.95. The Morgan fingerprint density at radius 1 is 1.17 bits per heavy atom. The number of carbonyl (C=O) groups excluding carboxylic acids is 2. The number of esters is 2. The molecular weight excluding hydrogens is 256 g/mol. The van der Waals surface area contributed by atoms with Gasteiger partial charge in [-0.2, -0.15) is 0 Å². The molecule has 0 saturated carbocycles. The summed E-state index contributed by atoms with van der Waals surface area (Å²) in [5.74, 6) is -0.394. The maximum Gasteiger partial charge on any atom is 0.337 e. The number of carbonyl (C=O) groups is 2. The normalized spacial score (nSPS) is 9.94. The lowest BCUT2D eigenvalue weighted by Crippen LogP contribution is -2.06. The third-order valence-corrected chi connectivity index (χ3v) is 2.89. The monoisotopic (exact) mass is 270 g/mol. The molecule has 0 N–H and O–H groups in total. The summed E-state index contributed by atoms with van der Waals surface area (Å²) in [7, 11) is 2.68. The van der Waals surface area contributed by atoms with E-state index in [0.29, 0.717) is 12.0 Å². The number of ether oxygens (including phenoxy) is 2. The van der Waals surface area contributed by atoms with Crippen LogP contribution in [0.3, 0.4) is 0 Å². The van der Waals surface area contributed by atoms with E-state index in [0.717, 1.165) is 11.1 Å². The van der Waals surface area contributed by atoms with Crippen LogP contribution < -0.4 is 0 Å². The number of benzene rings is 1. The average molecular weight is 271 g/mol. The van der Waals surface area contributed by atoms with E-state index in [4.69, 9.17) is 11.6 Å². The van der Waals surface area contributed by atoms with Gasteiger partial charge in [0.05, 0.1) is 19.8 Å². The van der Waals surface area contributed by atoms with Gasteiger partial charge < -0.3 is 9.47 Å². The minimum absolute atomic E-state index is 0.271. The van der Waals surface area contributed by atoms with Crippen molar-refractivity contribution in [3.8, 4) is 0 Å². The highest BCUT2D eigenvalue weighted by Gasteiger charge is 2.10. The van der Waals surface area contributed by atoms with Crippen molar-refractivity contribution >= 4 is 23.5 Å². The summed E-state index contributed by atoms with van der Waals surface area (Å²) in [5, 5.41) is 0. The molecule has 0 aliphatic heterocycles. The van der Waals surface area contributed by atoms with Crippen LogP contribution in [0.2, 0.25) is 0 Å². The molecule has 5 heteroatoms. The molecule has 0 heterocycles. The lowest BCUT2D eigenvalue weighted by molar-refractivity contribution is -0.140. The quantitative estimate of drug-likeness (QED) is 0.609. The van der Waals surface area contributed by atoms with E-state index in [1.165, 1.54) is 14.2 Å². The van der Waals surface area contributed by atoms with Gasteiger partial charge in [0, 0.05) is 12.3 Å². The van der Waals surface area contributed by atoms with Crippen LogP contribution in [0.1, 0.15) is 27.9 Å². The van der Waals surface area contributed by atoms with Crippen LogP contribution in [0.5, 0.6) is 0 Å². The molecule has 4 nitrogen and oxygen atoms in total. The molecule has 0 radical (unpaired) electrons. The molecule has 0 fully saturated rings. The average Bonchev–Trinajstić information content (AvgIpc) is 2.43. The van der Waals surface area contributed by atoms with Gasteiger partial charge in [0.1, 0.15) is 0 Å². The first-order chi connectivity index (χ1) is 8.62. The Morgan fingerprint density at radius 2 is 1.89 bits per heavy atom. The predicted molar refractivity (Wildman–Crippen MR) is 67.7 cm³/mol. The minimum Gasteiger partial charge on any atom is -0.469 e. The van der Waals surface area contributed by atoms with E-state index in [2.05, 4.69) is 9.47 Å². The molecule has 1 aromatic rings. The van der Waals surface area contributed by atoms with Gasteiger partial charge in [-0.3, -0.25) is 4.79 Å². The van der Waals surface area contributed by atoms with Crippen LogP contribution in [-0.4, -0.2) is 26.2 Å².